The van der Waals surface area contributed by atoms with E-state index in [0.29, 0.717) is 5.70 Å². The Kier molecular flexibility index (Phi) is 5.40. The van der Waals surface area contributed by atoms with Crippen molar-refractivity contribution in [3.05, 3.63) is 22.4 Å². The molecule has 0 aromatic heterocycles. The van der Waals surface area contributed by atoms with Gasteiger partial charge in [-0.3, -0.25) is 0 Å². The van der Waals surface area contributed by atoms with Gasteiger partial charge in [0.15, 0.2) is 0 Å². The number of allylic oxidation sites excluding steroid dienone is 4. The minimum Gasteiger partial charge on any atom is -0.374 e. The largest absolute Gasteiger partial charge is 0.374 e. The van der Waals surface area contributed by atoms with Crippen LogP contribution in [0.5, 0.6) is 0 Å². The van der Waals surface area contributed by atoms with Crippen LogP contribution >= 0.6 is 0 Å². The number of rotatable bonds is 4. The second-order valence-electron chi connectivity index (χ2n) is 4.45. The summed E-state index contributed by atoms with van der Waals surface area (Å²) < 4.78 is 50.6. The Morgan fingerprint density at radius 1 is 1.05 bits per heavy atom. The molecule has 0 unspecified atom stereocenters. The molecule has 2 nitrogen and oxygen atoms in total. The first-order chi connectivity index (χ1) is 8.90. The third-order valence-corrected chi connectivity index (χ3v) is 3.33. The zero-order valence-electron chi connectivity index (χ0n) is 10.9. The van der Waals surface area contributed by atoms with E-state index in [-0.39, 0.29) is 11.1 Å². The van der Waals surface area contributed by atoms with E-state index in [4.69, 9.17) is 5.26 Å². The summed E-state index contributed by atoms with van der Waals surface area (Å²) in [5.41, 5.74) is -1.14. The molecule has 1 saturated heterocycles. The summed E-state index contributed by atoms with van der Waals surface area (Å²) in [7, 11) is 0. The predicted octanol–water partition coefficient (Wildman–Crippen LogP) is 3.73. The monoisotopic (exact) mass is 276 g/mol. The molecule has 1 heterocycles. The molecule has 0 aromatic carbocycles. The highest BCUT2D eigenvalue weighted by atomic mass is 19.3. The summed E-state index contributed by atoms with van der Waals surface area (Å²) in [4.78, 5) is 1.87. The van der Waals surface area contributed by atoms with Crippen LogP contribution in [0.25, 0.3) is 0 Å². The molecular formula is C13H16F4N2. The lowest BCUT2D eigenvalue weighted by atomic mass is 10.0. The number of hydrogen-bond donors (Lipinski definition) is 0. The lowest BCUT2D eigenvalue weighted by Crippen LogP contribution is -2.19. The van der Waals surface area contributed by atoms with Crippen LogP contribution in [0.1, 0.15) is 26.7 Å². The molecule has 0 saturated carbocycles. The summed E-state index contributed by atoms with van der Waals surface area (Å²) in [6.07, 6.45) is -4.60. The molecule has 0 bridgehead atoms. The predicted molar refractivity (Wildman–Crippen MR) is 63.8 cm³/mol. The first kappa shape index (κ1) is 15.5. The molecule has 0 N–H and O–H groups in total. The third-order valence-electron chi connectivity index (χ3n) is 3.33. The number of halogens is 4. The lowest BCUT2D eigenvalue weighted by Gasteiger charge is -2.21. The number of nitriles is 1. The van der Waals surface area contributed by atoms with Gasteiger partial charge in [0.05, 0.1) is 11.1 Å². The van der Waals surface area contributed by atoms with Crippen molar-refractivity contribution in [3.63, 3.8) is 0 Å². The van der Waals surface area contributed by atoms with Gasteiger partial charge in [0.2, 0.25) is 0 Å². The van der Waals surface area contributed by atoms with Gasteiger partial charge in [-0.05, 0) is 32.3 Å². The number of hydrogen-bond acceptors (Lipinski definition) is 2. The van der Waals surface area contributed by atoms with E-state index < -0.39 is 18.4 Å². The van der Waals surface area contributed by atoms with Crippen molar-refractivity contribution in [1.82, 2.24) is 4.90 Å². The molecular weight excluding hydrogens is 260 g/mol. The smallest absolute Gasteiger partial charge is 0.265 e. The van der Waals surface area contributed by atoms with Crippen LogP contribution in [0.2, 0.25) is 0 Å². The third kappa shape index (κ3) is 3.49. The summed E-state index contributed by atoms with van der Waals surface area (Å²) in [6, 6.07) is 1.78. The number of likely N-dealkylation sites (tertiary alicyclic amines) is 1. The second-order valence-corrected chi connectivity index (χ2v) is 4.45. The summed E-state index contributed by atoms with van der Waals surface area (Å²) >= 11 is 0. The van der Waals surface area contributed by atoms with Gasteiger partial charge in [-0.15, -0.1) is 0 Å². The van der Waals surface area contributed by atoms with E-state index in [1.807, 2.05) is 4.90 Å². The maximum atomic E-state index is 12.7. The van der Waals surface area contributed by atoms with Crippen LogP contribution in [-0.4, -0.2) is 30.8 Å². The summed E-state index contributed by atoms with van der Waals surface area (Å²) in [6.45, 7) is 4.22. The molecule has 0 aliphatic carbocycles. The van der Waals surface area contributed by atoms with Crippen molar-refractivity contribution in [2.75, 3.05) is 13.1 Å². The van der Waals surface area contributed by atoms with E-state index in [9.17, 15) is 17.6 Å². The molecule has 1 fully saturated rings. The maximum absolute atomic E-state index is 12.7. The quantitative estimate of drug-likeness (QED) is 0.444. The Balaban J connectivity index is 3.24. The van der Waals surface area contributed by atoms with E-state index >= 15 is 0 Å². The average molecular weight is 276 g/mol. The maximum Gasteiger partial charge on any atom is 0.265 e. The van der Waals surface area contributed by atoms with Crippen LogP contribution in [-0.2, 0) is 0 Å². The van der Waals surface area contributed by atoms with E-state index in [2.05, 4.69) is 0 Å². The first-order valence-corrected chi connectivity index (χ1v) is 6.03. The molecule has 0 radical (unpaired) electrons. The topological polar surface area (TPSA) is 27.0 Å². The Labute approximate surface area is 110 Å². The average Bonchev–Trinajstić information content (AvgIpc) is 2.81. The fraction of sp³-hybridized carbons (Fsp3) is 0.615. The fourth-order valence-electron chi connectivity index (χ4n) is 2.21. The van der Waals surface area contributed by atoms with Gasteiger partial charge in [0, 0.05) is 18.8 Å². The number of nitrogens with zero attached hydrogens (tertiary/aromatic N) is 2. The Bertz CT molecular complexity index is 416. The van der Waals surface area contributed by atoms with E-state index in [1.165, 1.54) is 0 Å². The summed E-state index contributed by atoms with van der Waals surface area (Å²) in [5, 5.41) is 9.08. The molecule has 1 aliphatic heterocycles. The van der Waals surface area contributed by atoms with Gasteiger partial charge < -0.3 is 4.90 Å². The van der Waals surface area contributed by atoms with E-state index in [1.54, 1.807) is 13.0 Å². The lowest BCUT2D eigenvalue weighted by molar-refractivity contribution is 0.110. The normalized spacial score (nSPS) is 16.7. The van der Waals surface area contributed by atoms with Crippen molar-refractivity contribution in [1.29, 1.82) is 5.26 Å². The van der Waals surface area contributed by atoms with Crippen molar-refractivity contribution in [3.8, 4) is 6.07 Å². The van der Waals surface area contributed by atoms with Crippen LogP contribution in [0.3, 0.4) is 0 Å². The molecule has 19 heavy (non-hydrogen) atoms. The zero-order chi connectivity index (χ0) is 14.6. The van der Waals surface area contributed by atoms with Crippen LogP contribution in [0.4, 0.5) is 17.6 Å². The van der Waals surface area contributed by atoms with Crippen molar-refractivity contribution in [2.24, 2.45) is 0 Å². The van der Waals surface area contributed by atoms with Crippen LogP contribution < -0.4 is 0 Å². The van der Waals surface area contributed by atoms with Crippen molar-refractivity contribution < 1.29 is 17.6 Å². The standard InChI is InChI=1S/C13H16F4N2/c1-8(11(12(14)15)13(16)17)10(7-18)9(2)19-5-3-4-6-19/h12-13H,3-6H2,1-2H3/b10-9+. The van der Waals surface area contributed by atoms with Crippen molar-refractivity contribution >= 4 is 0 Å². The molecule has 1 rings (SSSR count). The minimum absolute atomic E-state index is 0.0718. The highest BCUT2D eigenvalue weighted by Crippen LogP contribution is 2.28. The van der Waals surface area contributed by atoms with Gasteiger partial charge in [0.25, 0.3) is 12.9 Å². The fourth-order valence-corrected chi connectivity index (χ4v) is 2.21. The Morgan fingerprint density at radius 2 is 1.53 bits per heavy atom. The van der Waals surface area contributed by atoms with Crippen LogP contribution in [0.15, 0.2) is 22.4 Å². The molecule has 1 aliphatic rings. The van der Waals surface area contributed by atoms with E-state index in [0.717, 1.165) is 32.9 Å². The molecule has 0 spiro atoms. The first-order valence-electron chi connectivity index (χ1n) is 6.03. The summed E-state index contributed by atoms with van der Waals surface area (Å²) in [5.74, 6) is 0. The minimum atomic E-state index is -3.25. The van der Waals surface area contributed by atoms with Gasteiger partial charge in [-0.2, -0.15) is 5.26 Å². The Hall–Kier alpha value is -1.51. The van der Waals surface area contributed by atoms with Gasteiger partial charge in [-0.25, -0.2) is 17.6 Å². The zero-order valence-corrected chi connectivity index (χ0v) is 10.9. The van der Waals surface area contributed by atoms with Gasteiger partial charge in [-0.1, -0.05) is 0 Å². The number of alkyl halides is 4. The van der Waals surface area contributed by atoms with Gasteiger partial charge in [0.1, 0.15) is 6.07 Å². The SMILES string of the molecule is CC(=C(C(F)F)C(F)F)/C(C#N)=C(\C)N1CCCC1. The molecule has 0 amide bonds. The molecule has 6 heteroatoms. The molecule has 0 aromatic rings. The van der Waals surface area contributed by atoms with Crippen LogP contribution in [0, 0.1) is 11.3 Å². The molecule has 0 atom stereocenters. The highest BCUT2D eigenvalue weighted by Gasteiger charge is 2.27. The Morgan fingerprint density at radius 3 is 1.89 bits per heavy atom. The second kappa shape index (κ2) is 6.60. The van der Waals surface area contributed by atoms with Crippen molar-refractivity contribution in [2.45, 2.75) is 39.5 Å². The van der Waals surface area contributed by atoms with Gasteiger partial charge >= 0.3 is 0 Å². The highest BCUT2D eigenvalue weighted by molar-refractivity contribution is 5.47. The molecule has 106 valence electrons.